The summed E-state index contributed by atoms with van der Waals surface area (Å²) in [6.07, 6.45) is -2.71. The Morgan fingerprint density at radius 2 is 2.16 bits per heavy atom. The summed E-state index contributed by atoms with van der Waals surface area (Å²) < 4.78 is 35.9. The third-order valence-corrected chi connectivity index (χ3v) is 3.33. The van der Waals surface area contributed by atoms with E-state index < -0.39 is 24.7 Å². The lowest BCUT2D eigenvalue weighted by Gasteiger charge is -2.42. The highest BCUT2D eigenvalue weighted by Crippen LogP contribution is 2.34. The van der Waals surface area contributed by atoms with E-state index in [2.05, 4.69) is 6.07 Å². The van der Waals surface area contributed by atoms with Gasteiger partial charge >= 0.3 is 6.18 Å². The van der Waals surface area contributed by atoms with Crippen LogP contribution in [0.1, 0.15) is 26.7 Å². The van der Waals surface area contributed by atoms with E-state index in [9.17, 15) is 18.0 Å². The zero-order chi connectivity index (χ0) is 14.7. The van der Waals surface area contributed by atoms with Crippen molar-refractivity contribution in [1.82, 2.24) is 10.2 Å². The van der Waals surface area contributed by atoms with Gasteiger partial charge in [0.15, 0.2) is 0 Å². The topological polar surface area (TPSA) is 56.1 Å². The molecule has 7 heteroatoms. The first-order valence-electron chi connectivity index (χ1n) is 6.13. The first kappa shape index (κ1) is 15.8. The lowest BCUT2D eigenvalue weighted by molar-refractivity contribution is -0.139. The van der Waals surface area contributed by atoms with Crippen LogP contribution in [0.5, 0.6) is 0 Å². The van der Waals surface area contributed by atoms with Crippen molar-refractivity contribution in [2.45, 2.75) is 38.9 Å². The summed E-state index contributed by atoms with van der Waals surface area (Å²) in [7, 11) is 0. The summed E-state index contributed by atoms with van der Waals surface area (Å²) in [6.45, 7) is 2.92. The fourth-order valence-electron chi connectivity index (χ4n) is 2.36. The van der Waals surface area contributed by atoms with E-state index in [1.165, 1.54) is 0 Å². The Morgan fingerprint density at radius 3 is 2.68 bits per heavy atom. The molecular formula is C12H18F3N3O. The van der Waals surface area contributed by atoms with E-state index >= 15 is 0 Å². The maximum absolute atomic E-state index is 12.0. The molecule has 108 valence electrons. The van der Waals surface area contributed by atoms with E-state index in [0.29, 0.717) is 6.54 Å². The number of carbonyl (C=O) groups excluding carboxylic acids is 1. The SMILES string of the molecule is CC1(C)CCCN(CC(=O)NCC(F)(F)F)[C@H]1C#N. The van der Waals surface area contributed by atoms with Crippen LogP contribution in [-0.4, -0.2) is 42.7 Å². The summed E-state index contributed by atoms with van der Waals surface area (Å²) in [5.74, 6) is -0.699. The number of amides is 1. The molecule has 1 heterocycles. The molecule has 0 aromatic carbocycles. The number of carbonyl (C=O) groups is 1. The second-order valence-electron chi connectivity index (χ2n) is 5.49. The average Bonchev–Trinajstić information content (AvgIpc) is 2.24. The van der Waals surface area contributed by atoms with Crippen molar-refractivity contribution in [3.8, 4) is 6.07 Å². The van der Waals surface area contributed by atoms with E-state index in [1.807, 2.05) is 19.2 Å². The summed E-state index contributed by atoms with van der Waals surface area (Å²) in [5.41, 5.74) is -0.253. The molecular weight excluding hydrogens is 259 g/mol. The molecule has 0 saturated carbocycles. The standard InChI is InChI=1S/C12H18F3N3O/c1-11(2)4-3-5-18(9(11)6-16)7-10(19)17-8-12(13,14)15/h9H,3-5,7-8H2,1-2H3,(H,17,19)/t9-/m0/s1. The fourth-order valence-corrected chi connectivity index (χ4v) is 2.36. The van der Waals surface area contributed by atoms with Gasteiger partial charge in [-0.15, -0.1) is 0 Å². The molecule has 0 aliphatic carbocycles. The number of nitrogens with zero attached hydrogens (tertiary/aromatic N) is 2. The lowest BCUT2D eigenvalue weighted by atomic mass is 9.77. The largest absolute Gasteiger partial charge is 0.405 e. The lowest BCUT2D eigenvalue weighted by Crippen LogP contribution is -2.52. The zero-order valence-corrected chi connectivity index (χ0v) is 11.0. The van der Waals surface area contributed by atoms with Crippen LogP contribution in [0.2, 0.25) is 0 Å². The predicted molar refractivity (Wildman–Crippen MR) is 63.1 cm³/mol. The highest BCUT2D eigenvalue weighted by Gasteiger charge is 2.38. The number of nitrogens with one attached hydrogen (secondary N) is 1. The highest BCUT2D eigenvalue weighted by atomic mass is 19.4. The van der Waals surface area contributed by atoms with Crippen molar-refractivity contribution in [2.24, 2.45) is 5.41 Å². The minimum atomic E-state index is -4.41. The number of piperidine rings is 1. The number of alkyl halides is 3. The Kier molecular flexibility index (Phi) is 4.80. The molecule has 1 fully saturated rings. The average molecular weight is 277 g/mol. The van der Waals surface area contributed by atoms with Crippen LogP contribution >= 0.6 is 0 Å². The molecule has 0 aromatic heterocycles. The van der Waals surface area contributed by atoms with Crippen molar-refractivity contribution < 1.29 is 18.0 Å². The Balaban J connectivity index is 2.56. The molecule has 1 aliphatic rings. The van der Waals surface area contributed by atoms with Crippen LogP contribution in [0.3, 0.4) is 0 Å². The van der Waals surface area contributed by atoms with Crippen molar-refractivity contribution >= 4 is 5.91 Å². The van der Waals surface area contributed by atoms with E-state index in [4.69, 9.17) is 5.26 Å². The molecule has 0 bridgehead atoms. The molecule has 0 unspecified atom stereocenters. The molecule has 1 rings (SSSR count). The van der Waals surface area contributed by atoms with Crippen LogP contribution in [0, 0.1) is 16.7 Å². The van der Waals surface area contributed by atoms with Crippen molar-refractivity contribution in [3.63, 3.8) is 0 Å². The second kappa shape index (κ2) is 5.78. The molecule has 19 heavy (non-hydrogen) atoms. The Bertz CT molecular complexity index is 373. The van der Waals surface area contributed by atoms with Gasteiger partial charge < -0.3 is 5.32 Å². The second-order valence-corrected chi connectivity index (χ2v) is 5.49. The monoisotopic (exact) mass is 277 g/mol. The van der Waals surface area contributed by atoms with Gasteiger partial charge in [0, 0.05) is 0 Å². The minimum Gasteiger partial charge on any atom is -0.346 e. The molecule has 1 atom stereocenters. The van der Waals surface area contributed by atoms with E-state index in [0.717, 1.165) is 12.8 Å². The van der Waals surface area contributed by atoms with Gasteiger partial charge in [0.2, 0.25) is 5.91 Å². The highest BCUT2D eigenvalue weighted by molar-refractivity contribution is 5.78. The number of nitriles is 1. The fraction of sp³-hybridized carbons (Fsp3) is 0.833. The molecule has 1 aliphatic heterocycles. The summed E-state index contributed by atoms with van der Waals surface area (Å²) in [5, 5.41) is 11.0. The van der Waals surface area contributed by atoms with Crippen molar-refractivity contribution in [2.75, 3.05) is 19.6 Å². The van der Waals surface area contributed by atoms with Crippen LogP contribution in [0.4, 0.5) is 13.2 Å². The quantitative estimate of drug-likeness (QED) is 0.854. The minimum absolute atomic E-state index is 0.169. The summed E-state index contributed by atoms with van der Waals surface area (Å²) in [6, 6.07) is 1.70. The maximum atomic E-state index is 12.0. The Hall–Kier alpha value is -1.29. The Morgan fingerprint density at radius 1 is 1.53 bits per heavy atom. The number of halogens is 3. The normalized spacial score (nSPS) is 23.7. The molecule has 1 saturated heterocycles. The van der Waals surface area contributed by atoms with Gasteiger partial charge in [0.05, 0.1) is 12.6 Å². The maximum Gasteiger partial charge on any atom is 0.405 e. The van der Waals surface area contributed by atoms with Gasteiger partial charge in [-0.2, -0.15) is 18.4 Å². The van der Waals surface area contributed by atoms with Gasteiger partial charge in [0.1, 0.15) is 12.6 Å². The molecule has 0 spiro atoms. The number of likely N-dealkylation sites (tertiary alicyclic amines) is 1. The van der Waals surface area contributed by atoms with Crippen LogP contribution in [-0.2, 0) is 4.79 Å². The third-order valence-electron chi connectivity index (χ3n) is 3.33. The summed E-state index contributed by atoms with van der Waals surface area (Å²) in [4.78, 5) is 13.1. The molecule has 0 radical (unpaired) electrons. The van der Waals surface area contributed by atoms with Crippen LogP contribution in [0.25, 0.3) is 0 Å². The van der Waals surface area contributed by atoms with Crippen molar-refractivity contribution in [3.05, 3.63) is 0 Å². The van der Waals surface area contributed by atoms with Gasteiger partial charge in [-0.05, 0) is 24.8 Å². The summed E-state index contributed by atoms with van der Waals surface area (Å²) >= 11 is 0. The van der Waals surface area contributed by atoms with Gasteiger partial charge in [-0.1, -0.05) is 13.8 Å². The van der Waals surface area contributed by atoms with Gasteiger partial charge in [-0.25, -0.2) is 0 Å². The van der Waals surface area contributed by atoms with Gasteiger partial charge in [0.25, 0.3) is 0 Å². The smallest absolute Gasteiger partial charge is 0.346 e. The first-order valence-corrected chi connectivity index (χ1v) is 6.13. The Labute approximate surface area is 110 Å². The first-order chi connectivity index (χ1) is 8.65. The zero-order valence-electron chi connectivity index (χ0n) is 11.0. The molecule has 4 nitrogen and oxygen atoms in total. The predicted octanol–water partition coefficient (Wildman–Crippen LogP) is 1.68. The van der Waals surface area contributed by atoms with Crippen LogP contribution < -0.4 is 5.32 Å². The third kappa shape index (κ3) is 4.71. The molecule has 1 amide bonds. The number of rotatable bonds is 3. The number of hydrogen-bond acceptors (Lipinski definition) is 3. The van der Waals surface area contributed by atoms with Crippen molar-refractivity contribution in [1.29, 1.82) is 5.26 Å². The van der Waals surface area contributed by atoms with E-state index in [1.54, 1.807) is 4.90 Å². The number of hydrogen-bond donors (Lipinski definition) is 1. The molecule has 1 N–H and O–H groups in total. The van der Waals surface area contributed by atoms with E-state index in [-0.39, 0.29) is 12.0 Å². The molecule has 0 aromatic rings. The van der Waals surface area contributed by atoms with Gasteiger partial charge in [-0.3, -0.25) is 9.69 Å². The van der Waals surface area contributed by atoms with Crippen LogP contribution in [0.15, 0.2) is 0 Å².